The molecular formula is C68H120NO8+. The van der Waals surface area contributed by atoms with Crippen LogP contribution in [0.4, 0.5) is 0 Å². The topological polar surface area (TPSA) is 108 Å². The van der Waals surface area contributed by atoms with Crippen LogP contribution in [-0.2, 0) is 33.3 Å². The number of esters is 2. The fourth-order valence-corrected chi connectivity index (χ4v) is 8.78. The van der Waals surface area contributed by atoms with E-state index in [0.29, 0.717) is 23.9 Å². The van der Waals surface area contributed by atoms with Crippen molar-refractivity contribution in [3.05, 3.63) is 85.1 Å². The highest BCUT2D eigenvalue weighted by atomic mass is 16.7. The number of carboxylic acids is 1. The van der Waals surface area contributed by atoms with Crippen molar-refractivity contribution < 1.29 is 42.9 Å². The molecule has 0 fully saturated rings. The van der Waals surface area contributed by atoms with Crippen molar-refractivity contribution in [3.8, 4) is 0 Å². The molecule has 444 valence electrons. The lowest BCUT2D eigenvalue weighted by Crippen LogP contribution is -2.40. The number of rotatable bonds is 58. The van der Waals surface area contributed by atoms with Gasteiger partial charge >= 0.3 is 17.9 Å². The maximum Gasteiger partial charge on any atom is 0.361 e. The standard InChI is InChI=1S/C68H119NO8/c1-6-8-10-12-14-16-18-20-22-24-26-28-30-31-32-33-34-35-37-38-40-42-44-46-48-50-52-54-56-58-65(70)75-62-64(63-76-68(67(72)73)74-61-60-69(3,4)5)77-66(71)59-57-55-53-51-49-47-45-43-41-39-36-29-27-25-23-21-19-17-15-13-11-9-7-2/h9,11,15,17-18,20-21,23-24,26-27,29-31,64,68H,6-8,10,12-14,16,19,22,25,28,32-63H2,1-5H3/p+1/b11-9-,17-15-,20-18-,23-21-,26-24-,29-27-,31-30-. The van der Waals surface area contributed by atoms with Crippen molar-refractivity contribution in [2.45, 2.75) is 283 Å². The second-order valence-electron chi connectivity index (χ2n) is 22.3. The van der Waals surface area contributed by atoms with Crippen LogP contribution in [-0.4, -0.2) is 87.4 Å². The number of quaternary nitrogens is 1. The molecule has 0 aliphatic rings. The first kappa shape index (κ1) is 73.5. The summed E-state index contributed by atoms with van der Waals surface area (Å²) < 4.78 is 22.9. The van der Waals surface area contributed by atoms with E-state index in [1.165, 1.54) is 154 Å². The molecule has 2 atom stereocenters. The van der Waals surface area contributed by atoms with Crippen LogP contribution in [0, 0.1) is 0 Å². The van der Waals surface area contributed by atoms with Crippen molar-refractivity contribution in [2.24, 2.45) is 0 Å². The quantitative estimate of drug-likeness (QED) is 0.0211. The zero-order valence-electron chi connectivity index (χ0n) is 50.6. The summed E-state index contributed by atoms with van der Waals surface area (Å²) in [5, 5.41) is 9.72. The van der Waals surface area contributed by atoms with Crippen molar-refractivity contribution in [1.29, 1.82) is 0 Å². The van der Waals surface area contributed by atoms with Crippen molar-refractivity contribution in [2.75, 3.05) is 47.5 Å². The van der Waals surface area contributed by atoms with E-state index < -0.39 is 24.3 Å². The normalized spacial score (nSPS) is 13.3. The van der Waals surface area contributed by atoms with E-state index in [0.717, 1.165) is 83.5 Å². The van der Waals surface area contributed by atoms with Gasteiger partial charge in [0.25, 0.3) is 6.29 Å². The molecule has 9 heteroatoms. The van der Waals surface area contributed by atoms with Gasteiger partial charge in [0.05, 0.1) is 34.4 Å². The minimum Gasteiger partial charge on any atom is -0.477 e. The van der Waals surface area contributed by atoms with Crippen LogP contribution in [0.3, 0.4) is 0 Å². The summed E-state index contributed by atoms with van der Waals surface area (Å²) in [6.07, 6.45) is 75.3. The van der Waals surface area contributed by atoms with Crippen molar-refractivity contribution in [1.82, 2.24) is 0 Å². The number of carbonyl (C=O) groups excluding carboxylic acids is 2. The maximum absolute atomic E-state index is 12.9. The van der Waals surface area contributed by atoms with E-state index in [1.54, 1.807) is 0 Å². The Bertz CT molecular complexity index is 1540. The van der Waals surface area contributed by atoms with E-state index in [9.17, 15) is 19.5 Å². The van der Waals surface area contributed by atoms with Gasteiger partial charge in [-0.15, -0.1) is 0 Å². The first-order valence-corrected chi connectivity index (χ1v) is 31.8. The third-order valence-electron chi connectivity index (χ3n) is 13.6. The number of unbranched alkanes of at least 4 members (excludes halogenated alkanes) is 29. The van der Waals surface area contributed by atoms with Gasteiger partial charge in [0.2, 0.25) is 0 Å². The van der Waals surface area contributed by atoms with Gasteiger partial charge in [-0.05, 0) is 89.9 Å². The highest BCUT2D eigenvalue weighted by Gasteiger charge is 2.25. The second kappa shape index (κ2) is 58.6. The van der Waals surface area contributed by atoms with Gasteiger partial charge in [0, 0.05) is 12.8 Å². The number of aliphatic carboxylic acids is 1. The molecule has 0 aliphatic heterocycles. The Kier molecular flexibility index (Phi) is 55.9. The lowest BCUT2D eigenvalue weighted by molar-refractivity contribution is -0.870. The summed E-state index contributed by atoms with van der Waals surface area (Å²) in [5.41, 5.74) is 0. The maximum atomic E-state index is 12.9. The molecule has 0 rings (SSSR count). The Morgan fingerprint density at radius 2 is 0.740 bits per heavy atom. The van der Waals surface area contributed by atoms with Crippen LogP contribution in [0.15, 0.2) is 85.1 Å². The number of nitrogens with zero attached hydrogens (tertiary/aromatic N) is 1. The molecule has 9 nitrogen and oxygen atoms in total. The molecule has 0 heterocycles. The lowest BCUT2D eigenvalue weighted by atomic mass is 10.0. The molecule has 77 heavy (non-hydrogen) atoms. The predicted molar refractivity (Wildman–Crippen MR) is 327 cm³/mol. The Labute approximate surface area is 474 Å². The number of carboxylic acid groups (broad SMARTS) is 1. The van der Waals surface area contributed by atoms with Gasteiger partial charge in [0.15, 0.2) is 6.10 Å². The Morgan fingerprint density at radius 3 is 1.10 bits per heavy atom. The van der Waals surface area contributed by atoms with Gasteiger partial charge in [-0.3, -0.25) is 9.59 Å². The molecule has 0 aromatic heterocycles. The third kappa shape index (κ3) is 60.0. The summed E-state index contributed by atoms with van der Waals surface area (Å²) in [6, 6.07) is 0. The molecule has 0 amide bonds. The molecule has 0 aliphatic carbocycles. The van der Waals surface area contributed by atoms with E-state index in [-0.39, 0.29) is 32.2 Å². The highest BCUT2D eigenvalue weighted by Crippen LogP contribution is 2.16. The van der Waals surface area contributed by atoms with E-state index in [2.05, 4.69) is 98.9 Å². The lowest BCUT2D eigenvalue weighted by Gasteiger charge is -2.25. The SMILES string of the molecule is CC/C=C\C/C=C\C/C=C\C/C=C\CCCCCCCCCCCCC(=O)OC(COC(=O)CCCCCCCCCCCCCCCC/C=C\C/C=C\C/C=C\CCCCCCC)COC(OCC[N+](C)(C)C)C(=O)O. The minimum atomic E-state index is -1.52. The molecule has 0 saturated heterocycles. The third-order valence-corrected chi connectivity index (χ3v) is 13.6. The van der Waals surface area contributed by atoms with E-state index in [1.807, 2.05) is 21.1 Å². The first-order chi connectivity index (χ1) is 37.6. The van der Waals surface area contributed by atoms with Crippen LogP contribution < -0.4 is 0 Å². The molecule has 0 bridgehead atoms. The zero-order valence-corrected chi connectivity index (χ0v) is 50.6. The largest absolute Gasteiger partial charge is 0.477 e. The first-order valence-electron chi connectivity index (χ1n) is 31.8. The van der Waals surface area contributed by atoms with Gasteiger partial charge in [-0.2, -0.15) is 0 Å². The minimum absolute atomic E-state index is 0.184. The second-order valence-corrected chi connectivity index (χ2v) is 22.3. The Hall–Kier alpha value is -3.53. The number of hydrogen-bond donors (Lipinski definition) is 1. The molecule has 0 radical (unpaired) electrons. The van der Waals surface area contributed by atoms with Gasteiger partial charge in [0.1, 0.15) is 13.2 Å². The summed E-state index contributed by atoms with van der Waals surface area (Å²) >= 11 is 0. The summed E-state index contributed by atoms with van der Waals surface area (Å²) in [4.78, 5) is 37.5. The zero-order chi connectivity index (χ0) is 56.2. The van der Waals surface area contributed by atoms with E-state index >= 15 is 0 Å². The van der Waals surface area contributed by atoms with Crippen LogP contribution in [0.25, 0.3) is 0 Å². The average Bonchev–Trinajstić information content (AvgIpc) is 3.40. The number of carbonyl (C=O) groups is 3. The number of likely N-dealkylation sites (N-methyl/N-ethyl adjacent to an activating group) is 1. The van der Waals surface area contributed by atoms with Crippen molar-refractivity contribution >= 4 is 17.9 Å². The van der Waals surface area contributed by atoms with E-state index in [4.69, 9.17) is 18.9 Å². The van der Waals surface area contributed by atoms with Crippen molar-refractivity contribution in [3.63, 3.8) is 0 Å². The fourth-order valence-electron chi connectivity index (χ4n) is 8.78. The number of allylic oxidation sites excluding steroid dienone is 14. The predicted octanol–water partition coefficient (Wildman–Crippen LogP) is 19.1. The fraction of sp³-hybridized carbons (Fsp3) is 0.750. The van der Waals surface area contributed by atoms with Crippen LogP contribution in [0.1, 0.15) is 271 Å². The summed E-state index contributed by atoms with van der Waals surface area (Å²) in [7, 11) is 5.97. The highest BCUT2D eigenvalue weighted by molar-refractivity contribution is 5.71. The smallest absolute Gasteiger partial charge is 0.361 e. The molecule has 0 saturated carbocycles. The average molecular weight is 1080 g/mol. The molecule has 0 aromatic rings. The molecule has 0 spiro atoms. The van der Waals surface area contributed by atoms with Crippen LogP contribution in [0.5, 0.6) is 0 Å². The molecular weight excluding hydrogens is 959 g/mol. The van der Waals surface area contributed by atoms with Gasteiger partial charge in [-0.25, -0.2) is 4.79 Å². The van der Waals surface area contributed by atoms with Gasteiger partial charge < -0.3 is 28.5 Å². The Morgan fingerprint density at radius 1 is 0.403 bits per heavy atom. The molecule has 0 aromatic carbocycles. The Balaban J connectivity index is 4.18. The summed E-state index contributed by atoms with van der Waals surface area (Å²) in [6.45, 7) is 4.77. The number of hydrogen-bond acceptors (Lipinski definition) is 7. The molecule has 2 unspecified atom stereocenters. The summed E-state index contributed by atoms with van der Waals surface area (Å²) in [5.74, 6) is -2.01. The molecule has 1 N–H and O–H groups in total. The number of ether oxygens (including phenoxy) is 4. The monoisotopic (exact) mass is 1080 g/mol. The van der Waals surface area contributed by atoms with Gasteiger partial charge in [-0.1, -0.05) is 253 Å². The van der Waals surface area contributed by atoms with Crippen LogP contribution in [0.2, 0.25) is 0 Å². The van der Waals surface area contributed by atoms with Crippen LogP contribution >= 0.6 is 0 Å².